The van der Waals surface area contributed by atoms with E-state index in [0.717, 1.165) is 5.57 Å². The maximum atomic E-state index is 8.78. The Hall–Kier alpha value is -0.800. The number of aliphatic hydroxyl groups is 1. The standard InChI is InChI=1S/C9H16N2O/c1-7(2)11-9-4-3-8(6-12)5-10-9/h3-5,7,9-12H,6H2,1-2H3. The predicted octanol–water partition coefficient (Wildman–Crippen LogP) is 0.346. The number of nitrogens with one attached hydrogen (secondary N) is 2. The molecule has 0 radical (unpaired) electrons. The first-order valence-electron chi connectivity index (χ1n) is 4.22. The summed E-state index contributed by atoms with van der Waals surface area (Å²) in [5.74, 6) is 0. The lowest BCUT2D eigenvalue weighted by Gasteiger charge is -2.21. The fraction of sp³-hybridized carbons (Fsp3) is 0.556. The van der Waals surface area contributed by atoms with Crippen molar-refractivity contribution in [2.45, 2.75) is 26.1 Å². The lowest BCUT2D eigenvalue weighted by molar-refractivity contribution is 0.332. The first-order valence-corrected chi connectivity index (χ1v) is 4.22. The van der Waals surface area contributed by atoms with E-state index < -0.39 is 0 Å². The molecule has 1 heterocycles. The SMILES string of the molecule is CC(C)NC1C=CC(CO)=CN1. The molecule has 0 aromatic heterocycles. The molecule has 0 amide bonds. The number of hydrogen-bond donors (Lipinski definition) is 3. The molecule has 0 aromatic rings. The molecule has 68 valence electrons. The van der Waals surface area contributed by atoms with E-state index in [-0.39, 0.29) is 12.8 Å². The normalized spacial score (nSPS) is 22.3. The molecule has 0 aliphatic carbocycles. The second-order valence-electron chi connectivity index (χ2n) is 3.20. The summed E-state index contributed by atoms with van der Waals surface area (Å²) >= 11 is 0. The fourth-order valence-electron chi connectivity index (χ4n) is 1.08. The molecule has 0 spiro atoms. The molecular weight excluding hydrogens is 152 g/mol. The van der Waals surface area contributed by atoms with Crippen LogP contribution in [0.5, 0.6) is 0 Å². The Morgan fingerprint density at radius 2 is 2.42 bits per heavy atom. The summed E-state index contributed by atoms with van der Waals surface area (Å²) in [6, 6.07) is 0.455. The van der Waals surface area contributed by atoms with Gasteiger partial charge in [0.2, 0.25) is 0 Å². The Kier molecular flexibility index (Phi) is 3.31. The van der Waals surface area contributed by atoms with Crippen molar-refractivity contribution in [2.24, 2.45) is 0 Å². The number of rotatable bonds is 3. The van der Waals surface area contributed by atoms with E-state index in [9.17, 15) is 0 Å². The van der Waals surface area contributed by atoms with Crippen molar-refractivity contribution >= 4 is 0 Å². The van der Waals surface area contributed by atoms with Crippen molar-refractivity contribution in [3.05, 3.63) is 23.9 Å². The minimum atomic E-state index is 0.0951. The van der Waals surface area contributed by atoms with Gasteiger partial charge in [-0.15, -0.1) is 0 Å². The van der Waals surface area contributed by atoms with Crippen molar-refractivity contribution in [1.82, 2.24) is 10.6 Å². The molecule has 0 aromatic carbocycles. The molecule has 1 unspecified atom stereocenters. The zero-order valence-electron chi connectivity index (χ0n) is 7.54. The van der Waals surface area contributed by atoms with Gasteiger partial charge in [0.25, 0.3) is 0 Å². The first-order chi connectivity index (χ1) is 5.72. The molecule has 3 N–H and O–H groups in total. The summed E-state index contributed by atoms with van der Waals surface area (Å²) < 4.78 is 0. The average Bonchev–Trinajstić information content (AvgIpc) is 2.05. The number of dihydropyridines is 1. The van der Waals surface area contributed by atoms with Crippen LogP contribution in [0.25, 0.3) is 0 Å². The third-order valence-corrected chi connectivity index (χ3v) is 1.65. The molecule has 12 heavy (non-hydrogen) atoms. The monoisotopic (exact) mass is 168 g/mol. The van der Waals surface area contributed by atoms with E-state index in [4.69, 9.17) is 5.11 Å². The summed E-state index contributed by atoms with van der Waals surface area (Å²) in [5, 5.41) is 15.2. The van der Waals surface area contributed by atoms with Gasteiger partial charge in [0.1, 0.15) is 0 Å². The van der Waals surface area contributed by atoms with Crippen molar-refractivity contribution in [3.63, 3.8) is 0 Å². The first kappa shape index (κ1) is 9.29. The Labute approximate surface area is 73.2 Å². The van der Waals surface area contributed by atoms with E-state index >= 15 is 0 Å². The Morgan fingerprint density at radius 3 is 2.83 bits per heavy atom. The van der Waals surface area contributed by atoms with Gasteiger partial charge >= 0.3 is 0 Å². The van der Waals surface area contributed by atoms with Crippen LogP contribution < -0.4 is 10.6 Å². The molecule has 1 aliphatic heterocycles. The van der Waals surface area contributed by atoms with Gasteiger partial charge in [-0.3, -0.25) is 5.32 Å². The quantitative estimate of drug-likeness (QED) is 0.569. The smallest absolute Gasteiger partial charge is 0.0961 e. The second-order valence-corrected chi connectivity index (χ2v) is 3.20. The fourth-order valence-corrected chi connectivity index (χ4v) is 1.08. The number of hydrogen-bond acceptors (Lipinski definition) is 3. The highest BCUT2D eigenvalue weighted by Gasteiger charge is 2.06. The van der Waals surface area contributed by atoms with Crippen molar-refractivity contribution in [2.75, 3.05) is 6.61 Å². The lowest BCUT2D eigenvalue weighted by atomic mass is 10.2. The topological polar surface area (TPSA) is 44.3 Å². The molecule has 1 atom stereocenters. The van der Waals surface area contributed by atoms with Crippen LogP contribution in [0.3, 0.4) is 0 Å². The van der Waals surface area contributed by atoms with Crippen molar-refractivity contribution < 1.29 is 5.11 Å². The van der Waals surface area contributed by atoms with Crippen LogP contribution in [-0.2, 0) is 0 Å². The highest BCUT2D eigenvalue weighted by atomic mass is 16.3. The Morgan fingerprint density at radius 1 is 1.67 bits per heavy atom. The van der Waals surface area contributed by atoms with Gasteiger partial charge in [-0.25, -0.2) is 0 Å². The summed E-state index contributed by atoms with van der Waals surface area (Å²) in [4.78, 5) is 0. The summed E-state index contributed by atoms with van der Waals surface area (Å²) in [6.07, 6.45) is 5.96. The zero-order chi connectivity index (χ0) is 8.97. The third-order valence-electron chi connectivity index (χ3n) is 1.65. The van der Waals surface area contributed by atoms with Crippen molar-refractivity contribution in [3.8, 4) is 0 Å². The van der Waals surface area contributed by atoms with E-state index in [1.165, 1.54) is 0 Å². The highest BCUT2D eigenvalue weighted by molar-refractivity contribution is 5.23. The zero-order valence-corrected chi connectivity index (χ0v) is 7.54. The Balaban J connectivity index is 2.38. The molecule has 3 heteroatoms. The van der Waals surface area contributed by atoms with Gasteiger partial charge in [-0.05, 0) is 25.5 Å². The van der Waals surface area contributed by atoms with E-state index in [1.807, 2.05) is 18.4 Å². The van der Waals surface area contributed by atoms with Crippen LogP contribution in [0, 0.1) is 0 Å². The maximum absolute atomic E-state index is 8.78. The lowest BCUT2D eigenvalue weighted by Crippen LogP contribution is -2.43. The predicted molar refractivity (Wildman–Crippen MR) is 49.5 cm³/mol. The van der Waals surface area contributed by atoms with Crippen LogP contribution in [0.1, 0.15) is 13.8 Å². The second kappa shape index (κ2) is 4.28. The number of aliphatic hydroxyl groups excluding tert-OH is 1. The minimum absolute atomic E-state index is 0.0951. The van der Waals surface area contributed by atoms with Crippen LogP contribution in [-0.4, -0.2) is 23.9 Å². The highest BCUT2D eigenvalue weighted by Crippen LogP contribution is 2.01. The van der Waals surface area contributed by atoms with E-state index in [1.54, 1.807) is 0 Å². The minimum Gasteiger partial charge on any atom is -0.392 e. The van der Waals surface area contributed by atoms with Gasteiger partial charge in [0.15, 0.2) is 0 Å². The average molecular weight is 168 g/mol. The molecular formula is C9H16N2O. The van der Waals surface area contributed by atoms with Crippen LogP contribution in [0.15, 0.2) is 23.9 Å². The van der Waals surface area contributed by atoms with E-state index in [0.29, 0.717) is 6.04 Å². The van der Waals surface area contributed by atoms with Gasteiger partial charge in [-0.1, -0.05) is 6.08 Å². The summed E-state index contributed by atoms with van der Waals surface area (Å²) in [7, 11) is 0. The molecule has 1 rings (SSSR count). The van der Waals surface area contributed by atoms with Gasteiger partial charge in [0, 0.05) is 12.2 Å². The van der Waals surface area contributed by atoms with Crippen LogP contribution >= 0.6 is 0 Å². The summed E-state index contributed by atoms with van der Waals surface area (Å²) in [6.45, 7) is 4.29. The van der Waals surface area contributed by atoms with Gasteiger partial charge in [0.05, 0.1) is 12.8 Å². The molecule has 3 nitrogen and oxygen atoms in total. The molecule has 1 aliphatic rings. The van der Waals surface area contributed by atoms with Gasteiger partial charge < -0.3 is 10.4 Å². The third kappa shape index (κ3) is 2.68. The maximum Gasteiger partial charge on any atom is 0.0961 e. The van der Waals surface area contributed by atoms with Crippen molar-refractivity contribution in [1.29, 1.82) is 0 Å². The molecule has 0 saturated heterocycles. The molecule has 0 saturated carbocycles. The molecule has 0 fully saturated rings. The Bertz CT molecular complexity index is 197. The van der Waals surface area contributed by atoms with Gasteiger partial charge in [-0.2, -0.15) is 0 Å². The summed E-state index contributed by atoms with van der Waals surface area (Å²) in [5.41, 5.74) is 0.914. The largest absolute Gasteiger partial charge is 0.392 e. The van der Waals surface area contributed by atoms with E-state index in [2.05, 4.69) is 24.5 Å². The van der Waals surface area contributed by atoms with Crippen LogP contribution in [0.4, 0.5) is 0 Å². The van der Waals surface area contributed by atoms with Crippen LogP contribution in [0.2, 0.25) is 0 Å². The molecule has 0 bridgehead atoms.